The van der Waals surface area contributed by atoms with Crippen molar-refractivity contribution in [3.63, 3.8) is 0 Å². The van der Waals surface area contributed by atoms with E-state index < -0.39 is 15.6 Å². The molecule has 0 N–H and O–H groups in total. The van der Waals surface area contributed by atoms with Crippen LogP contribution >= 0.6 is 23.2 Å². The van der Waals surface area contributed by atoms with Gasteiger partial charge in [0.15, 0.2) is 0 Å². The van der Waals surface area contributed by atoms with Gasteiger partial charge in [0.05, 0.1) is 24.1 Å². The fourth-order valence-electron chi connectivity index (χ4n) is 2.16. The number of halogens is 2. The summed E-state index contributed by atoms with van der Waals surface area (Å²) in [7, 11) is -3.18. The van der Waals surface area contributed by atoms with E-state index >= 15 is 0 Å². The van der Waals surface area contributed by atoms with Gasteiger partial charge in [-0.3, -0.25) is 9.69 Å². The summed E-state index contributed by atoms with van der Waals surface area (Å²) in [5.41, 5.74) is -0.451. The highest BCUT2D eigenvalue weighted by atomic mass is 35.5. The van der Waals surface area contributed by atoms with Crippen molar-refractivity contribution in [2.45, 2.75) is 13.1 Å². The fraction of sp³-hybridized carbons (Fsp3) is 0.636. The summed E-state index contributed by atoms with van der Waals surface area (Å²) in [4.78, 5) is 13.9. The predicted molar refractivity (Wildman–Crippen MR) is 81.1 cm³/mol. The van der Waals surface area contributed by atoms with Crippen molar-refractivity contribution < 1.29 is 8.42 Å². The molecule has 2 heterocycles. The van der Waals surface area contributed by atoms with Crippen molar-refractivity contribution in [3.8, 4) is 0 Å². The van der Waals surface area contributed by atoms with E-state index in [0.29, 0.717) is 32.6 Å². The topological polar surface area (TPSA) is 75.5 Å². The molecule has 0 saturated carbocycles. The van der Waals surface area contributed by atoms with E-state index in [1.54, 1.807) is 0 Å². The van der Waals surface area contributed by atoms with Crippen LogP contribution in [0, 0.1) is 0 Å². The largest absolute Gasteiger partial charge is 0.288 e. The third-order valence-corrected chi connectivity index (χ3v) is 5.34. The van der Waals surface area contributed by atoms with Gasteiger partial charge >= 0.3 is 0 Å². The lowest BCUT2D eigenvalue weighted by atomic mass is 10.4. The molecule has 0 unspecified atom stereocenters. The minimum Gasteiger partial charge on any atom is -0.283 e. The zero-order chi connectivity index (χ0) is 15.6. The fourth-order valence-corrected chi connectivity index (χ4v) is 3.30. The van der Waals surface area contributed by atoms with E-state index in [-0.39, 0.29) is 16.7 Å². The maximum atomic E-state index is 11.9. The minimum absolute atomic E-state index is 0.0562. The molecule has 1 aliphatic rings. The van der Waals surface area contributed by atoms with E-state index in [4.69, 9.17) is 23.2 Å². The summed E-state index contributed by atoms with van der Waals surface area (Å²) < 4.78 is 25.8. The SMILES string of the molecule is CS(=O)(=O)N1CCCN(Cn2ncc(Cl)c(Cl)c2=O)CC1. The molecule has 7 nitrogen and oxygen atoms in total. The Morgan fingerprint density at radius 1 is 1.24 bits per heavy atom. The maximum absolute atomic E-state index is 11.9. The predicted octanol–water partition coefficient (Wildman–Crippen LogP) is 0.475. The van der Waals surface area contributed by atoms with Crippen molar-refractivity contribution in [2.75, 3.05) is 32.4 Å². The molecule has 0 amide bonds. The van der Waals surface area contributed by atoms with Gasteiger partial charge < -0.3 is 0 Å². The van der Waals surface area contributed by atoms with Crippen LogP contribution in [0.1, 0.15) is 6.42 Å². The quantitative estimate of drug-likeness (QED) is 0.788. The van der Waals surface area contributed by atoms with Crippen LogP contribution in [-0.2, 0) is 16.7 Å². The van der Waals surface area contributed by atoms with Crippen molar-refractivity contribution in [1.29, 1.82) is 0 Å². The number of aromatic nitrogens is 2. The van der Waals surface area contributed by atoms with Crippen LogP contribution in [0.15, 0.2) is 11.0 Å². The standard InChI is InChI=1S/C11H16Cl2N4O3S/c1-21(19,20)16-4-2-3-15(5-6-16)8-17-11(18)10(13)9(12)7-14-17/h7H,2-6,8H2,1H3. The normalized spacial score (nSPS) is 18.6. The lowest BCUT2D eigenvalue weighted by Crippen LogP contribution is -2.37. The van der Waals surface area contributed by atoms with Gasteiger partial charge in [0.2, 0.25) is 10.0 Å². The molecule has 1 aliphatic heterocycles. The summed E-state index contributed by atoms with van der Waals surface area (Å²) >= 11 is 11.5. The first kappa shape index (κ1) is 16.7. The Bertz CT molecular complexity index is 677. The number of hydrogen-bond donors (Lipinski definition) is 0. The highest BCUT2D eigenvalue weighted by molar-refractivity contribution is 7.88. The van der Waals surface area contributed by atoms with Crippen LogP contribution in [0.3, 0.4) is 0 Å². The van der Waals surface area contributed by atoms with Crippen LogP contribution in [0.25, 0.3) is 0 Å². The average molecular weight is 355 g/mol. The number of rotatable bonds is 3. The number of sulfonamides is 1. The monoisotopic (exact) mass is 354 g/mol. The Morgan fingerprint density at radius 2 is 1.95 bits per heavy atom. The highest BCUT2D eigenvalue weighted by Gasteiger charge is 2.21. The first-order valence-corrected chi connectivity index (χ1v) is 8.98. The molecule has 10 heteroatoms. The van der Waals surface area contributed by atoms with Crippen molar-refractivity contribution >= 4 is 33.2 Å². The van der Waals surface area contributed by atoms with Crippen molar-refractivity contribution in [2.24, 2.45) is 0 Å². The molecule has 0 aliphatic carbocycles. The zero-order valence-electron chi connectivity index (χ0n) is 11.5. The van der Waals surface area contributed by atoms with E-state index in [1.165, 1.54) is 21.4 Å². The molecule has 1 saturated heterocycles. The molecule has 0 spiro atoms. The van der Waals surface area contributed by atoms with Gasteiger partial charge in [-0.05, 0) is 6.42 Å². The Labute approximate surface area is 133 Å². The first-order valence-electron chi connectivity index (χ1n) is 6.37. The molecule has 1 aromatic heterocycles. The molecule has 2 rings (SSSR count). The lowest BCUT2D eigenvalue weighted by molar-refractivity contribution is 0.212. The van der Waals surface area contributed by atoms with Crippen LogP contribution in [-0.4, -0.2) is 59.8 Å². The number of hydrogen-bond acceptors (Lipinski definition) is 5. The summed E-state index contributed by atoms with van der Waals surface area (Å²) in [6.07, 6.45) is 3.22. The molecule has 1 aromatic rings. The average Bonchev–Trinajstić information content (AvgIpc) is 2.65. The third kappa shape index (κ3) is 4.17. The van der Waals surface area contributed by atoms with Gasteiger partial charge in [-0.15, -0.1) is 0 Å². The lowest BCUT2D eigenvalue weighted by Gasteiger charge is -2.20. The van der Waals surface area contributed by atoms with E-state index in [1.807, 2.05) is 4.90 Å². The van der Waals surface area contributed by atoms with Gasteiger partial charge in [0.1, 0.15) is 5.02 Å². The van der Waals surface area contributed by atoms with Gasteiger partial charge in [-0.1, -0.05) is 23.2 Å². The van der Waals surface area contributed by atoms with Gasteiger partial charge in [0, 0.05) is 26.2 Å². The van der Waals surface area contributed by atoms with Gasteiger partial charge in [-0.25, -0.2) is 17.4 Å². The smallest absolute Gasteiger partial charge is 0.283 e. The Kier molecular flexibility index (Phi) is 5.26. The Hall–Kier alpha value is -0.670. The zero-order valence-corrected chi connectivity index (χ0v) is 13.8. The van der Waals surface area contributed by atoms with Crippen LogP contribution in [0.5, 0.6) is 0 Å². The molecule has 21 heavy (non-hydrogen) atoms. The molecule has 0 aromatic carbocycles. The second-order valence-corrected chi connectivity index (χ2v) is 7.65. The summed E-state index contributed by atoms with van der Waals surface area (Å²) in [6.45, 7) is 2.35. The van der Waals surface area contributed by atoms with Crippen molar-refractivity contribution in [3.05, 3.63) is 26.6 Å². The van der Waals surface area contributed by atoms with E-state index in [2.05, 4.69) is 5.10 Å². The summed E-state index contributed by atoms with van der Waals surface area (Å²) in [5, 5.41) is 4.01. The molecule has 0 atom stereocenters. The van der Waals surface area contributed by atoms with Crippen LogP contribution < -0.4 is 5.56 Å². The molecular formula is C11H16Cl2N4O3S. The third-order valence-electron chi connectivity index (χ3n) is 3.29. The summed E-state index contributed by atoms with van der Waals surface area (Å²) in [6, 6.07) is 0. The highest BCUT2D eigenvalue weighted by Crippen LogP contribution is 2.15. The van der Waals surface area contributed by atoms with Gasteiger partial charge in [-0.2, -0.15) is 5.10 Å². The Morgan fingerprint density at radius 3 is 2.62 bits per heavy atom. The second kappa shape index (κ2) is 6.62. The van der Waals surface area contributed by atoms with E-state index in [0.717, 1.165) is 0 Å². The van der Waals surface area contributed by atoms with Crippen molar-refractivity contribution in [1.82, 2.24) is 19.0 Å². The van der Waals surface area contributed by atoms with Crippen LogP contribution in [0.4, 0.5) is 0 Å². The van der Waals surface area contributed by atoms with Gasteiger partial charge in [0.25, 0.3) is 5.56 Å². The molecule has 1 fully saturated rings. The van der Waals surface area contributed by atoms with E-state index in [9.17, 15) is 13.2 Å². The molecular weight excluding hydrogens is 339 g/mol. The first-order chi connectivity index (χ1) is 9.79. The molecule has 118 valence electrons. The van der Waals surface area contributed by atoms with Crippen LogP contribution in [0.2, 0.25) is 10.0 Å². The molecule has 0 bridgehead atoms. The Balaban J connectivity index is 2.08. The number of nitrogens with zero attached hydrogens (tertiary/aromatic N) is 4. The summed E-state index contributed by atoms with van der Waals surface area (Å²) in [5.74, 6) is 0. The minimum atomic E-state index is -3.18. The molecule has 0 radical (unpaired) electrons. The maximum Gasteiger partial charge on any atom is 0.288 e. The second-order valence-electron chi connectivity index (χ2n) is 4.89.